The molecule has 9 heteroatoms. The van der Waals surface area contributed by atoms with Gasteiger partial charge in [-0.25, -0.2) is 4.98 Å². The Morgan fingerprint density at radius 2 is 2.11 bits per heavy atom. The molecular weight excluding hydrogens is 407 g/mol. The molecule has 3 N–H and O–H groups in total. The second-order valence-electron chi connectivity index (χ2n) is 6.12. The van der Waals surface area contributed by atoms with Crippen LogP contribution < -0.4 is 11.1 Å². The number of ether oxygens (including phenoxy) is 1. The van der Waals surface area contributed by atoms with Crippen molar-refractivity contribution in [3.63, 3.8) is 0 Å². The van der Waals surface area contributed by atoms with Crippen molar-refractivity contribution in [1.29, 1.82) is 0 Å². The summed E-state index contributed by atoms with van der Waals surface area (Å²) in [7, 11) is 0. The lowest BCUT2D eigenvalue weighted by atomic mass is 10.0. The van der Waals surface area contributed by atoms with Crippen LogP contribution >= 0.6 is 36.2 Å². The summed E-state index contributed by atoms with van der Waals surface area (Å²) in [5.41, 5.74) is 8.44. The van der Waals surface area contributed by atoms with Gasteiger partial charge in [-0.15, -0.1) is 36.2 Å². The van der Waals surface area contributed by atoms with E-state index >= 15 is 0 Å². The van der Waals surface area contributed by atoms with Gasteiger partial charge in [0.1, 0.15) is 10.7 Å². The summed E-state index contributed by atoms with van der Waals surface area (Å²) in [4.78, 5) is 19.0. The Morgan fingerprint density at radius 3 is 2.74 bits per heavy atom. The summed E-state index contributed by atoms with van der Waals surface area (Å²) < 4.78 is 5.47. The second-order valence-corrected chi connectivity index (χ2v) is 7.06. The minimum absolute atomic E-state index is 0. The molecule has 0 radical (unpaired) electrons. The van der Waals surface area contributed by atoms with E-state index in [2.05, 4.69) is 46.4 Å². The quantitative estimate of drug-likeness (QED) is 0.732. The van der Waals surface area contributed by atoms with E-state index in [1.54, 1.807) is 5.38 Å². The van der Waals surface area contributed by atoms with Gasteiger partial charge < -0.3 is 15.8 Å². The number of benzene rings is 1. The number of nitrogens with one attached hydrogen (secondary N) is 1. The standard InChI is InChI=1S/C18H24N4O2S.2ClH/c1-13-3-2-4-14(9-13)16(22-5-7-24-8-6-22)11-20-18(23)15-12-25-17(10-19)21-15;;/h2-4,9,12,16H,5-8,10-11,19H2,1H3,(H,20,23);2*1H. The Labute approximate surface area is 176 Å². The fourth-order valence-electron chi connectivity index (χ4n) is 3.01. The van der Waals surface area contributed by atoms with Crippen LogP contribution in [0.2, 0.25) is 0 Å². The molecule has 0 saturated carbocycles. The van der Waals surface area contributed by atoms with Crippen LogP contribution in [0.3, 0.4) is 0 Å². The summed E-state index contributed by atoms with van der Waals surface area (Å²) in [6.07, 6.45) is 0. The molecule has 6 nitrogen and oxygen atoms in total. The zero-order valence-electron chi connectivity index (χ0n) is 15.2. The van der Waals surface area contributed by atoms with E-state index in [-0.39, 0.29) is 36.8 Å². The highest BCUT2D eigenvalue weighted by Crippen LogP contribution is 2.22. The summed E-state index contributed by atoms with van der Waals surface area (Å²) in [6.45, 7) is 6.16. The lowest BCUT2D eigenvalue weighted by Crippen LogP contribution is -2.43. The zero-order chi connectivity index (χ0) is 17.6. The predicted octanol–water partition coefficient (Wildman–Crippen LogP) is 2.56. The molecule has 27 heavy (non-hydrogen) atoms. The van der Waals surface area contributed by atoms with Gasteiger partial charge in [-0.05, 0) is 12.5 Å². The maximum atomic E-state index is 12.4. The number of hydrogen-bond donors (Lipinski definition) is 2. The Morgan fingerprint density at radius 1 is 1.37 bits per heavy atom. The van der Waals surface area contributed by atoms with Crippen LogP contribution in [0.5, 0.6) is 0 Å². The lowest BCUT2D eigenvalue weighted by molar-refractivity contribution is 0.0162. The molecular formula is C18H26Cl2N4O2S. The summed E-state index contributed by atoms with van der Waals surface area (Å²) >= 11 is 1.41. The molecule has 1 aliphatic heterocycles. The van der Waals surface area contributed by atoms with E-state index in [9.17, 15) is 4.79 Å². The lowest BCUT2D eigenvalue weighted by Gasteiger charge is -2.35. The number of rotatable bonds is 6. The first-order valence-electron chi connectivity index (χ1n) is 8.48. The molecule has 2 aromatic rings. The fraction of sp³-hybridized carbons (Fsp3) is 0.444. The number of carbonyl (C=O) groups is 1. The van der Waals surface area contributed by atoms with Crippen molar-refractivity contribution < 1.29 is 9.53 Å². The van der Waals surface area contributed by atoms with Crippen LogP contribution in [-0.2, 0) is 11.3 Å². The maximum absolute atomic E-state index is 12.4. The molecule has 1 fully saturated rings. The largest absolute Gasteiger partial charge is 0.379 e. The number of nitrogens with two attached hydrogens (primary N) is 1. The van der Waals surface area contributed by atoms with Gasteiger partial charge >= 0.3 is 0 Å². The average molecular weight is 433 g/mol. The van der Waals surface area contributed by atoms with Crippen LogP contribution in [0, 0.1) is 6.92 Å². The van der Waals surface area contributed by atoms with Crippen molar-refractivity contribution in [2.24, 2.45) is 5.73 Å². The molecule has 0 bridgehead atoms. The van der Waals surface area contributed by atoms with E-state index < -0.39 is 0 Å². The summed E-state index contributed by atoms with van der Waals surface area (Å²) in [5, 5.41) is 5.56. The van der Waals surface area contributed by atoms with Crippen molar-refractivity contribution in [2.75, 3.05) is 32.8 Å². The minimum atomic E-state index is -0.151. The number of amides is 1. The van der Waals surface area contributed by atoms with E-state index in [0.29, 0.717) is 18.8 Å². The highest BCUT2D eigenvalue weighted by molar-refractivity contribution is 7.09. The van der Waals surface area contributed by atoms with Gasteiger partial charge in [0.05, 0.1) is 19.3 Å². The number of aromatic nitrogens is 1. The second kappa shape index (κ2) is 11.6. The van der Waals surface area contributed by atoms with Gasteiger partial charge in [-0.2, -0.15) is 0 Å². The van der Waals surface area contributed by atoms with Gasteiger partial charge in [0.25, 0.3) is 5.91 Å². The number of carbonyl (C=O) groups excluding carboxylic acids is 1. The third-order valence-corrected chi connectivity index (χ3v) is 5.20. The van der Waals surface area contributed by atoms with Crippen LogP contribution in [0.25, 0.3) is 0 Å². The number of morpholine rings is 1. The minimum Gasteiger partial charge on any atom is -0.379 e. The molecule has 1 unspecified atom stereocenters. The molecule has 0 aliphatic carbocycles. The van der Waals surface area contributed by atoms with Gasteiger partial charge in [0.2, 0.25) is 0 Å². The Balaban J connectivity index is 0.00000182. The highest BCUT2D eigenvalue weighted by Gasteiger charge is 2.23. The van der Waals surface area contributed by atoms with Crippen molar-refractivity contribution in [3.05, 3.63) is 51.5 Å². The number of aryl methyl sites for hydroxylation is 1. The Hall–Kier alpha value is -1.22. The molecule has 0 spiro atoms. The average Bonchev–Trinajstić information content (AvgIpc) is 3.12. The normalized spacial score (nSPS) is 15.3. The van der Waals surface area contributed by atoms with Crippen LogP contribution in [0.15, 0.2) is 29.6 Å². The third kappa shape index (κ3) is 6.41. The van der Waals surface area contributed by atoms with Crippen molar-refractivity contribution >= 4 is 42.1 Å². The molecule has 1 aromatic carbocycles. The highest BCUT2D eigenvalue weighted by atomic mass is 35.5. The van der Waals surface area contributed by atoms with Gasteiger partial charge in [-0.1, -0.05) is 29.8 Å². The monoisotopic (exact) mass is 432 g/mol. The first-order chi connectivity index (χ1) is 12.2. The molecule has 150 valence electrons. The van der Waals surface area contributed by atoms with Crippen LogP contribution in [0.4, 0.5) is 0 Å². The Bertz CT molecular complexity index is 723. The zero-order valence-corrected chi connectivity index (χ0v) is 17.7. The SMILES string of the molecule is Cc1cccc(C(CNC(=O)c2csc(CN)n2)N2CCOCC2)c1.Cl.Cl. The van der Waals surface area contributed by atoms with E-state index in [1.165, 1.54) is 22.5 Å². The number of hydrogen-bond acceptors (Lipinski definition) is 6. The smallest absolute Gasteiger partial charge is 0.270 e. The fourth-order valence-corrected chi connectivity index (χ4v) is 3.67. The topological polar surface area (TPSA) is 80.5 Å². The molecule has 1 saturated heterocycles. The molecule has 3 rings (SSSR count). The molecule has 1 amide bonds. The molecule has 2 heterocycles. The van der Waals surface area contributed by atoms with Crippen molar-refractivity contribution in [3.8, 4) is 0 Å². The van der Waals surface area contributed by atoms with Crippen molar-refractivity contribution in [1.82, 2.24) is 15.2 Å². The van der Waals surface area contributed by atoms with E-state index in [4.69, 9.17) is 10.5 Å². The van der Waals surface area contributed by atoms with Crippen molar-refractivity contribution in [2.45, 2.75) is 19.5 Å². The maximum Gasteiger partial charge on any atom is 0.270 e. The molecule has 1 aliphatic rings. The van der Waals surface area contributed by atoms with Crippen LogP contribution in [0.1, 0.15) is 32.7 Å². The number of halogens is 2. The van der Waals surface area contributed by atoms with Gasteiger partial charge in [0, 0.05) is 31.6 Å². The Kier molecular flexibility index (Phi) is 10.2. The van der Waals surface area contributed by atoms with Gasteiger partial charge in [-0.3, -0.25) is 9.69 Å². The third-order valence-electron chi connectivity index (χ3n) is 4.33. The summed E-state index contributed by atoms with van der Waals surface area (Å²) in [5.74, 6) is -0.151. The first-order valence-corrected chi connectivity index (χ1v) is 9.36. The van der Waals surface area contributed by atoms with Crippen LogP contribution in [-0.4, -0.2) is 48.6 Å². The van der Waals surface area contributed by atoms with Gasteiger partial charge in [0.15, 0.2) is 0 Å². The summed E-state index contributed by atoms with van der Waals surface area (Å²) in [6, 6.07) is 8.58. The van der Waals surface area contributed by atoms with E-state index in [0.717, 1.165) is 31.3 Å². The van der Waals surface area contributed by atoms with E-state index in [1.807, 2.05) is 0 Å². The predicted molar refractivity (Wildman–Crippen MR) is 113 cm³/mol. The number of thiazole rings is 1. The first kappa shape index (κ1) is 23.8. The number of nitrogens with zero attached hydrogens (tertiary/aromatic N) is 2. The molecule has 1 atom stereocenters. The molecule has 1 aromatic heterocycles.